The van der Waals surface area contributed by atoms with Gasteiger partial charge < -0.3 is 5.32 Å². The Morgan fingerprint density at radius 2 is 1.96 bits per heavy atom. The highest BCUT2D eigenvalue weighted by atomic mass is 35.5. The van der Waals surface area contributed by atoms with Crippen molar-refractivity contribution in [2.45, 2.75) is 51.7 Å². The minimum absolute atomic E-state index is 0.0400. The van der Waals surface area contributed by atoms with Gasteiger partial charge in [0.2, 0.25) is 5.91 Å². The van der Waals surface area contributed by atoms with Crippen molar-refractivity contribution in [1.29, 1.82) is 0 Å². The maximum absolute atomic E-state index is 12.7. The summed E-state index contributed by atoms with van der Waals surface area (Å²) in [7, 11) is 0. The smallest absolute Gasteiger partial charge is 0.224 e. The first-order valence-corrected chi connectivity index (χ1v) is 10.3. The molecule has 0 saturated carbocycles. The molecule has 0 aliphatic carbocycles. The Kier molecular flexibility index (Phi) is 6.92. The first kappa shape index (κ1) is 19.9. The molecule has 2 aromatic rings. The zero-order chi connectivity index (χ0) is 19.2. The van der Waals surface area contributed by atoms with Gasteiger partial charge in [-0.25, -0.2) is 0 Å². The van der Waals surface area contributed by atoms with Gasteiger partial charge in [0.15, 0.2) is 0 Å². The lowest BCUT2D eigenvalue weighted by Gasteiger charge is -2.40. The van der Waals surface area contributed by atoms with Crippen LogP contribution in [0.25, 0.3) is 0 Å². The molecule has 0 bridgehead atoms. The molecule has 0 unspecified atom stereocenters. The van der Waals surface area contributed by atoms with Crippen LogP contribution in [0, 0.1) is 5.92 Å². The van der Waals surface area contributed by atoms with Gasteiger partial charge in [0.05, 0.1) is 5.92 Å². The Labute approximate surface area is 167 Å². The normalized spacial score (nSPS) is 21.6. The van der Waals surface area contributed by atoms with Crippen LogP contribution in [0.2, 0.25) is 5.02 Å². The summed E-state index contributed by atoms with van der Waals surface area (Å²) in [6.45, 7) is 5.74. The second-order valence-electron chi connectivity index (χ2n) is 7.58. The maximum Gasteiger partial charge on any atom is 0.224 e. The van der Waals surface area contributed by atoms with Crippen LogP contribution in [-0.4, -0.2) is 23.4 Å². The van der Waals surface area contributed by atoms with Gasteiger partial charge in [0.1, 0.15) is 0 Å². The molecule has 4 heteroatoms. The molecule has 0 aromatic heterocycles. The second-order valence-corrected chi connectivity index (χ2v) is 8.01. The molecule has 0 spiro atoms. The molecular formula is C23H29ClN2O. The number of nitrogens with one attached hydrogen (secondary N) is 1. The molecule has 1 N–H and O–H groups in total. The lowest BCUT2D eigenvalue weighted by atomic mass is 9.88. The molecule has 1 aliphatic heterocycles. The topological polar surface area (TPSA) is 32.3 Å². The third-order valence-corrected chi connectivity index (χ3v) is 5.75. The number of halogens is 1. The number of hydrogen-bond acceptors (Lipinski definition) is 2. The number of amides is 1. The largest absolute Gasteiger partial charge is 0.353 e. The fourth-order valence-electron chi connectivity index (χ4n) is 3.82. The summed E-state index contributed by atoms with van der Waals surface area (Å²) in [6, 6.07) is 19.2. The van der Waals surface area contributed by atoms with E-state index < -0.39 is 0 Å². The minimum atomic E-state index is 0.0400. The molecule has 1 saturated heterocycles. The van der Waals surface area contributed by atoms with E-state index in [0.717, 1.165) is 37.4 Å². The van der Waals surface area contributed by atoms with Crippen molar-refractivity contribution in [1.82, 2.24) is 10.2 Å². The van der Waals surface area contributed by atoms with Crippen LogP contribution in [-0.2, 0) is 11.3 Å². The van der Waals surface area contributed by atoms with Crippen molar-refractivity contribution in [3.05, 3.63) is 70.7 Å². The summed E-state index contributed by atoms with van der Waals surface area (Å²) in [5.41, 5.74) is 2.51. The van der Waals surface area contributed by atoms with E-state index in [9.17, 15) is 4.79 Å². The summed E-state index contributed by atoms with van der Waals surface area (Å²) in [4.78, 5) is 15.1. The molecule has 1 amide bonds. The zero-order valence-corrected chi connectivity index (χ0v) is 17.0. The van der Waals surface area contributed by atoms with Gasteiger partial charge in [-0.15, -0.1) is 0 Å². The van der Waals surface area contributed by atoms with Crippen molar-refractivity contribution < 1.29 is 4.79 Å². The Morgan fingerprint density at radius 3 is 2.67 bits per heavy atom. The van der Waals surface area contributed by atoms with Gasteiger partial charge in [-0.1, -0.05) is 61.0 Å². The van der Waals surface area contributed by atoms with E-state index in [2.05, 4.69) is 60.5 Å². The first-order chi connectivity index (χ1) is 13.1. The van der Waals surface area contributed by atoms with Gasteiger partial charge in [0, 0.05) is 30.2 Å². The van der Waals surface area contributed by atoms with Gasteiger partial charge in [-0.3, -0.25) is 9.69 Å². The highest BCUT2D eigenvalue weighted by molar-refractivity contribution is 6.30. The van der Waals surface area contributed by atoms with Crippen LogP contribution < -0.4 is 5.32 Å². The predicted octanol–water partition coefficient (Wildman–Crippen LogP) is 5.21. The number of carbonyl (C=O) groups is 1. The molecule has 1 heterocycles. The first-order valence-electron chi connectivity index (χ1n) is 9.90. The third kappa shape index (κ3) is 5.33. The summed E-state index contributed by atoms with van der Waals surface area (Å²) in [6.07, 6.45) is 2.87. The fourth-order valence-corrected chi connectivity index (χ4v) is 4.03. The molecule has 2 aromatic carbocycles. The molecule has 3 rings (SSSR count). The molecule has 1 aliphatic rings. The molecule has 0 radical (unpaired) electrons. The quantitative estimate of drug-likeness (QED) is 0.741. The molecule has 1 fully saturated rings. The second kappa shape index (κ2) is 9.38. The molecular weight excluding hydrogens is 356 g/mol. The van der Waals surface area contributed by atoms with Gasteiger partial charge in [-0.05, 0) is 49.4 Å². The van der Waals surface area contributed by atoms with E-state index in [1.165, 1.54) is 11.1 Å². The van der Waals surface area contributed by atoms with Crippen molar-refractivity contribution in [3.8, 4) is 0 Å². The van der Waals surface area contributed by atoms with Crippen molar-refractivity contribution in [3.63, 3.8) is 0 Å². The predicted molar refractivity (Wildman–Crippen MR) is 112 cm³/mol. The minimum Gasteiger partial charge on any atom is -0.353 e. The van der Waals surface area contributed by atoms with Gasteiger partial charge >= 0.3 is 0 Å². The Morgan fingerprint density at radius 1 is 1.19 bits per heavy atom. The Hall–Kier alpha value is -1.84. The average molecular weight is 385 g/mol. The monoisotopic (exact) mass is 384 g/mol. The molecule has 27 heavy (non-hydrogen) atoms. The summed E-state index contributed by atoms with van der Waals surface area (Å²) >= 11 is 6.19. The number of nitrogens with zero attached hydrogens (tertiary/aromatic N) is 1. The summed E-state index contributed by atoms with van der Waals surface area (Å²) in [5, 5.41) is 3.92. The number of benzene rings is 2. The van der Waals surface area contributed by atoms with E-state index in [0.29, 0.717) is 6.04 Å². The zero-order valence-electron chi connectivity index (χ0n) is 16.2. The van der Waals surface area contributed by atoms with Crippen LogP contribution in [0.1, 0.15) is 50.3 Å². The number of hydrogen-bond donors (Lipinski definition) is 1. The van der Waals surface area contributed by atoms with E-state index in [1.807, 2.05) is 18.2 Å². The van der Waals surface area contributed by atoms with Crippen LogP contribution in [0.3, 0.4) is 0 Å². The number of carbonyl (C=O) groups excluding carboxylic acids is 1. The van der Waals surface area contributed by atoms with E-state index >= 15 is 0 Å². The standard InChI is InChI=1S/C23H29ClN2O/c1-3-17(2)25-23(27)20-12-13-22(19-9-5-4-6-10-19)26(16-20)15-18-8-7-11-21(24)14-18/h4-11,14,17,20,22H,3,12-13,15-16H2,1-2H3,(H,25,27)/t17-,20+,22+/m0/s1. The van der Waals surface area contributed by atoms with Crippen molar-refractivity contribution in [2.24, 2.45) is 5.92 Å². The summed E-state index contributed by atoms with van der Waals surface area (Å²) in [5.74, 6) is 0.227. The van der Waals surface area contributed by atoms with Gasteiger partial charge in [0.25, 0.3) is 0 Å². The summed E-state index contributed by atoms with van der Waals surface area (Å²) < 4.78 is 0. The lowest BCUT2D eigenvalue weighted by molar-refractivity contribution is -0.128. The van der Waals surface area contributed by atoms with E-state index in [1.54, 1.807) is 0 Å². The van der Waals surface area contributed by atoms with E-state index in [4.69, 9.17) is 11.6 Å². The van der Waals surface area contributed by atoms with Crippen molar-refractivity contribution >= 4 is 17.5 Å². The Bertz CT molecular complexity index is 749. The number of piperidine rings is 1. The van der Waals surface area contributed by atoms with Crippen LogP contribution >= 0.6 is 11.6 Å². The average Bonchev–Trinajstić information content (AvgIpc) is 2.68. The maximum atomic E-state index is 12.7. The highest BCUT2D eigenvalue weighted by Crippen LogP contribution is 2.35. The highest BCUT2D eigenvalue weighted by Gasteiger charge is 2.33. The third-order valence-electron chi connectivity index (χ3n) is 5.52. The van der Waals surface area contributed by atoms with Gasteiger partial charge in [-0.2, -0.15) is 0 Å². The molecule has 3 atom stereocenters. The lowest BCUT2D eigenvalue weighted by Crippen LogP contribution is -2.46. The fraction of sp³-hybridized carbons (Fsp3) is 0.435. The van der Waals surface area contributed by atoms with Crippen LogP contribution in [0.15, 0.2) is 54.6 Å². The number of rotatable bonds is 6. The number of likely N-dealkylation sites (tertiary alicyclic amines) is 1. The van der Waals surface area contributed by atoms with Crippen molar-refractivity contribution in [2.75, 3.05) is 6.54 Å². The Balaban J connectivity index is 1.78. The van der Waals surface area contributed by atoms with Crippen LogP contribution in [0.5, 0.6) is 0 Å². The van der Waals surface area contributed by atoms with E-state index in [-0.39, 0.29) is 17.9 Å². The van der Waals surface area contributed by atoms with Crippen LogP contribution in [0.4, 0.5) is 0 Å². The SMILES string of the molecule is CC[C@H](C)NC(=O)[C@@H]1CC[C@H](c2ccccc2)N(Cc2cccc(Cl)c2)C1. The molecule has 3 nitrogen and oxygen atoms in total. The molecule has 144 valence electrons.